The number of ether oxygens (including phenoxy) is 3. The Kier molecular flexibility index (Phi) is 3.42. The summed E-state index contributed by atoms with van der Waals surface area (Å²) in [6, 6.07) is 0. The molecule has 1 heterocycles. The summed E-state index contributed by atoms with van der Waals surface area (Å²) in [7, 11) is 2.89. The van der Waals surface area contributed by atoms with Crippen LogP contribution in [0.2, 0.25) is 0 Å². The van der Waals surface area contributed by atoms with Crippen molar-refractivity contribution in [3.63, 3.8) is 0 Å². The molecule has 1 aliphatic rings. The molecule has 12 heavy (non-hydrogen) atoms. The average molecular weight is 178 g/mol. The van der Waals surface area contributed by atoms with Gasteiger partial charge in [0.15, 0.2) is 6.29 Å². The SMILES string of the molecule is CO[C@H]1OC[C@H](O)[C@H](O)[C@H]1OC. The number of aliphatic hydroxyl groups is 2. The van der Waals surface area contributed by atoms with E-state index < -0.39 is 24.6 Å². The Balaban J connectivity index is 2.58. The van der Waals surface area contributed by atoms with Crippen LogP contribution in [0.15, 0.2) is 0 Å². The van der Waals surface area contributed by atoms with Gasteiger partial charge >= 0.3 is 0 Å². The maximum absolute atomic E-state index is 9.40. The van der Waals surface area contributed by atoms with Gasteiger partial charge in [0.1, 0.15) is 18.3 Å². The van der Waals surface area contributed by atoms with Crippen molar-refractivity contribution >= 4 is 0 Å². The second-order valence-electron chi connectivity index (χ2n) is 2.70. The zero-order chi connectivity index (χ0) is 9.14. The minimum Gasteiger partial charge on any atom is -0.388 e. The average Bonchev–Trinajstić information content (AvgIpc) is 2.09. The Labute approximate surface area is 70.9 Å². The lowest BCUT2D eigenvalue weighted by molar-refractivity contribution is -0.268. The van der Waals surface area contributed by atoms with Crippen LogP contribution < -0.4 is 0 Å². The molecule has 0 amide bonds. The molecule has 4 atom stereocenters. The van der Waals surface area contributed by atoms with E-state index in [-0.39, 0.29) is 6.61 Å². The van der Waals surface area contributed by atoms with Crippen molar-refractivity contribution in [3.05, 3.63) is 0 Å². The van der Waals surface area contributed by atoms with E-state index in [0.717, 1.165) is 0 Å². The molecule has 0 aromatic carbocycles. The van der Waals surface area contributed by atoms with Gasteiger partial charge in [0.2, 0.25) is 0 Å². The first-order valence-electron chi connectivity index (χ1n) is 3.74. The van der Waals surface area contributed by atoms with Gasteiger partial charge in [-0.1, -0.05) is 0 Å². The fourth-order valence-electron chi connectivity index (χ4n) is 1.22. The van der Waals surface area contributed by atoms with Gasteiger partial charge < -0.3 is 24.4 Å². The summed E-state index contributed by atoms with van der Waals surface area (Å²) in [6.07, 6.45) is -3.08. The third-order valence-electron chi connectivity index (χ3n) is 1.93. The number of hydrogen-bond acceptors (Lipinski definition) is 5. The molecule has 0 aromatic rings. The second kappa shape index (κ2) is 4.15. The minimum absolute atomic E-state index is 0.0690. The maximum Gasteiger partial charge on any atom is 0.186 e. The number of hydrogen-bond donors (Lipinski definition) is 2. The van der Waals surface area contributed by atoms with Gasteiger partial charge in [-0.15, -0.1) is 0 Å². The summed E-state index contributed by atoms with van der Waals surface area (Å²) in [6.45, 7) is 0.0690. The molecule has 0 saturated carbocycles. The molecule has 0 aliphatic carbocycles. The van der Waals surface area contributed by atoms with Crippen molar-refractivity contribution in [1.29, 1.82) is 0 Å². The molecule has 0 unspecified atom stereocenters. The van der Waals surface area contributed by atoms with Crippen LogP contribution in [-0.4, -0.2) is 55.6 Å². The van der Waals surface area contributed by atoms with Crippen LogP contribution in [0.3, 0.4) is 0 Å². The Morgan fingerprint density at radius 1 is 1.25 bits per heavy atom. The first-order valence-corrected chi connectivity index (χ1v) is 3.74. The van der Waals surface area contributed by atoms with Gasteiger partial charge in [-0.3, -0.25) is 0 Å². The van der Waals surface area contributed by atoms with E-state index in [9.17, 15) is 10.2 Å². The van der Waals surface area contributed by atoms with Gasteiger partial charge in [-0.05, 0) is 0 Å². The van der Waals surface area contributed by atoms with Gasteiger partial charge in [-0.25, -0.2) is 0 Å². The van der Waals surface area contributed by atoms with Crippen molar-refractivity contribution in [2.24, 2.45) is 0 Å². The summed E-state index contributed by atoms with van der Waals surface area (Å²) in [5.41, 5.74) is 0. The molecule has 0 aromatic heterocycles. The lowest BCUT2D eigenvalue weighted by atomic mass is 10.1. The zero-order valence-corrected chi connectivity index (χ0v) is 7.14. The Hall–Kier alpha value is -0.200. The maximum atomic E-state index is 9.40. The number of rotatable bonds is 2. The summed E-state index contributed by atoms with van der Waals surface area (Å²) >= 11 is 0. The van der Waals surface area contributed by atoms with Crippen molar-refractivity contribution in [2.75, 3.05) is 20.8 Å². The third kappa shape index (κ3) is 1.75. The van der Waals surface area contributed by atoms with E-state index in [2.05, 4.69) is 0 Å². The highest BCUT2D eigenvalue weighted by atomic mass is 16.7. The van der Waals surface area contributed by atoms with Crippen LogP contribution >= 0.6 is 0 Å². The molecule has 2 N–H and O–H groups in total. The lowest BCUT2D eigenvalue weighted by Gasteiger charge is -2.36. The molecule has 1 fully saturated rings. The van der Waals surface area contributed by atoms with Gasteiger partial charge in [-0.2, -0.15) is 0 Å². The topological polar surface area (TPSA) is 68.2 Å². The molecule has 0 radical (unpaired) electrons. The number of aliphatic hydroxyl groups excluding tert-OH is 2. The largest absolute Gasteiger partial charge is 0.388 e. The molecule has 72 valence electrons. The molecule has 1 rings (SSSR count). The van der Waals surface area contributed by atoms with Crippen LogP contribution in [0, 0.1) is 0 Å². The molecular formula is C7H14O5. The van der Waals surface area contributed by atoms with Gasteiger partial charge in [0.05, 0.1) is 6.61 Å². The first kappa shape index (κ1) is 9.88. The fourth-order valence-corrected chi connectivity index (χ4v) is 1.22. The van der Waals surface area contributed by atoms with Crippen molar-refractivity contribution in [3.8, 4) is 0 Å². The van der Waals surface area contributed by atoms with Gasteiger partial charge in [0.25, 0.3) is 0 Å². The molecule has 0 spiro atoms. The van der Waals surface area contributed by atoms with Crippen LogP contribution in [0.1, 0.15) is 0 Å². The summed E-state index contributed by atoms with van der Waals surface area (Å²) < 4.78 is 14.9. The molecule has 1 saturated heterocycles. The van der Waals surface area contributed by atoms with Gasteiger partial charge in [0, 0.05) is 14.2 Å². The normalized spacial score (nSPS) is 43.0. The van der Waals surface area contributed by atoms with Crippen LogP contribution in [-0.2, 0) is 14.2 Å². The van der Waals surface area contributed by atoms with E-state index in [1.54, 1.807) is 0 Å². The monoisotopic (exact) mass is 178 g/mol. The van der Waals surface area contributed by atoms with Crippen molar-refractivity contribution in [1.82, 2.24) is 0 Å². The lowest BCUT2D eigenvalue weighted by Crippen LogP contribution is -2.54. The third-order valence-corrected chi connectivity index (χ3v) is 1.93. The molecule has 5 nitrogen and oxygen atoms in total. The fraction of sp³-hybridized carbons (Fsp3) is 1.00. The second-order valence-corrected chi connectivity index (χ2v) is 2.70. The standard InChI is InChI=1S/C7H14O5/c1-10-6-5(9)4(8)3-12-7(6)11-2/h4-9H,3H2,1-2H3/t4-,5-,6+,7-/m0/s1. The van der Waals surface area contributed by atoms with Crippen molar-refractivity contribution < 1.29 is 24.4 Å². The summed E-state index contributed by atoms with van der Waals surface area (Å²) in [5.74, 6) is 0. The van der Waals surface area contributed by atoms with E-state index in [0.29, 0.717) is 0 Å². The summed E-state index contributed by atoms with van der Waals surface area (Å²) in [5, 5.41) is 18.6. The zero-order valence-electron chi connectivity index (χ0n) is 7.14. The highest BCUT2D eigenvalue weighted by Gasteiger charge is 2.38. The molecular weight excluding hydrogens is 164 g/mol. The first-order chi connectivity index (χ1) is 5.70. The molecule has 1 aliphatic heterocycles. The van der Waals surface area contributed by atoms with Crippen LogP contribution in [0.5, 0.6) is 0 Å². The van der Waals surface area contributed by atoms with E-state index >= 15 is 0 Å². The predicted octanol–water partition coefficient (Wildman–Crippen LogP) is -1.27. The minimum atomic E-state index is -0.950. The molecule has 0 bridgehead atoms. The highest BCUT2D eigenvalue weighted by Crippen LogP contribution is 2.18. The Morgan fingerprint density at radius 3 is 2.42 bits per heavy atom. The quantitative estimate of drug-likeness (QED) is 0.551. The summed E-state index contributed by atoms with van der Waals surface area (Å²) in [4.78, 5) is 0. The van der Waals surface area contributed by atoms with E-state index in [4.69, 9.17) is 14.2 Å². The highest BCUT2D eigenvalue weighted by molar-refractivity contribution is 4.83. The molecule has 5 heteroatoms. The Morgan fingerprint density at radius 2 is 1.92 bits per heavy atom. The predicted molar refractivity (Wildman–Crippen MR) is 39.6 cm³/mol. The smallest absolute Gasteiger partial charge is 0.186 e. The van der Waals surface area contributed by atoms with Crippen molar-refractivity contribution in [2.45, 2.75) is 24.6 Å². The number of methoxy groups -OCH3 is 2. The van der Waals surface area contributed by atoms with E-state index in [1.165, 1.54) is 14.2 Å². The Bertz CT molecular complexity index is 138. The van der Waals surface area contributed by atoms with E-state index in [1.807, 2.05) is 0 Å². The van der Waals surface area contributed by atoms with Crippen LogP contribution in [0.4, 0.5) is 0 Å². The van der Waals surface area contributed by atoms with Crippen LogP contribution in [0.25, 0.3) is 0 Å².